The maximum atomic E-state index is 12.5. The van der Waals surface area contributed by atoms with Crippen LogP contribution in [0.2, 0.25) is 0 Å². The van der Waals surface area contributed by atoms with E-state index in [2.05, 4.69) is 36.9 Å². The molecule has 4 rings (SSSR count). The Kier molecular flexibility index (Phi) is 6.18. The molecule has 1 N–H and O–H groups in total. The quantitative estimate of drug-likeness (QED) is 0.749. The number of hydrogen-bond acceptors (Lipinski definition) is 5. The lowest BCUT2D eigenvalue weighted by Crippen LogP contribution is -2.66. The summed E-state index contributed by atoms with van der Waals surface area (Å²) >= 11 is 0. The van der Waals surface area contributed by atoms with Gasteiger partial charge in [0.25, 0.3) is 0 Å². The van der Waals surface area contributed by atoms with Crippen molar-refractivity contribution in [2.45, 2.75) is 69.2 Å². The fourth-order valence-corrected chi connectivity index (χ4v) is 7.71. The normalized spacial score (nSPS) is 30.7. The Balaban J connectivity index is 1.50. The van der Waals surface area contributed by atoms with Crippen molar-refractivity contribution in [2.24, 2.45) is 5.92 Å². The van der Waals surface area contributed by atoms with Gasteiger partial charge in [0.15, 0.2) is 0 Å². The summed E-state index contributed by atoms with van der Waals surface area (Å²) in [7, 11) is 1.34. The standard InChI is InChI=1S/C24H39N3O3S/c1-17(2)31(29,30)27-11-8-18(9-12-27)16-26(5)23-22-14-19-6-7-20(28)15-21(19)24(23,3)10-13-25(22)4/h6-7,15,17-18,22-23,28H,8-14,16H2,1-5H3/t22-,23+,24-/m1/s1. The molecule has 174 valence electrons. The molecule has 2 bridgehead atoms. The largest absolute Gasteiger partial charge is 0.508 e. The molecule has 0 radical (unpaired) electrons. The predicted molar refractivity (Wildman–Crippen MR) is 125 cm³/mol. The van der Waals surface area contributed by atoms with Gasteiger partial charge in [0.05, 0.1) is 5.25 Å². The van der Waals surface area contributed by atoms with E-state index in [1.807, 2.05) is 12.1 Å². The van der Waals surface area contributed by atoms with Crippen molar-refractivity contribution in [1.29, 1.82) is 0 Å². The Morgan fingerprint density at radius 3 is 2.55 bits per heavy atom. The van der Waals surface area contributed by atoms with Crippen molar-refractivity contribution in [2.75, 3.05) is 40.3 Å². The van der Waals surface area contributed by atoms with Crippen molar-refractivity contribution in [3.05, 3.63) is 29.3 Å². The highest BCUT2D eigenvalue weighted by Crippen LogP contribution is 2.47. The molecule has 1 aromatic rings. The third-order valence-electron chi connectivity index (χ3n) is 8.26. The van der Waals surface area contributed by atoms with Crippen LogP contribution in [0.3, 0.4) is 0 Å². The summed E-state index contributed by atoms with van der Waals surface area (Å²) in [5.74, 6) is 0.876. The average Bonchev–Trinajstić information content (AvgIpc) is 2.72. The maximum absolute atomic E-state index is 12.5. The number of sulfonamides is 1. The zero-order chi connectivity index (χ0) is 22.6. The topological polar surface area (TPSA) is 64.1 Å². The minimum atomic E-state index is -3.15. The number of benzene rings is 1. The second kappa shape index (κ2) is 8.32. The second-order valence-electron chi connectivity index (χ2n) is 10.6. The van der Waals surface area contributed by atoms with Gasteiger partial charge in [0.2, 0.25) is 10.0 Å². The molecule has 6 nitrogen and oxygen atoms in total. The zero-order valence-corrected chi connectivity index (χ0v) is 20.5. The molecule has 0 amide bonds. The van der Waals surface area contributed by atoms with Crippen LogP contribution in [0.15, 0.2) is 18.2 Å². The van der Waals surface area contributed by atoms with Gasteiger partial charge < -0.3 is 14.9 Å². The SMILES string of the molecule is CC(C)S(=O)(=O)N1CCC(CN(C)[C@H]2[C@H]3Cc4ccc(O)cc4[C@@]2(C)CCN3C)CC1. The number of likely N-dealkylation sites (tertiary alicyclic amines) is 1. The first-order valence-electron chi connectivity index (χ1n) is 11.8. The smallest absolute Gasteiger partial charge is 0.216 e. The Bertz CT molecular complexity index is 911. The molecule has 2 aliphatic heterocycles. The lowest BCUT2D eigenvalue weighted by atomic mass is 9.61. The minimum absolute atomic E-state index is 0.0138. The van der Waals surface area contributed by atoms with E-state index in [0.717, 1.165) is 38.8 Å². The molecule has 2 fully saturated rings. The highest BCUT2D eigenvalue weighted by molar-refractivity contribution is 7.89. The summed E-state index contributed by atoms with van der Waals surface area (Å²) in [5.41, 5.74) is 2.69. The number of phenols is 1. The highest BCUT2D eigenvalue weighted by atomic mass is 32.2. The average molecular weight is 450 g/mol. The molecule has 3 aliphatic rings. The molecular formula is C24H39N3O3S. The fourth-order valence-electron chi connectivity index (χ4n) is 6.39. The van der Waals surface area contributed by atoms with E-state index in [9.17, 15) is 13.5 Å². The van der Waals surface area contributed by atoms with Gasteiger partial charge in [-0.1, -0.05) is 13.0 Å². The number of phenolic OH excluding ortho intramolecular Hbond substituents is 1. The molecule has 7 heteroatoms. The van der Waals surface area contributed by atoms with Gasteiger partial charge in [-0.2, -0.15) is 0 Å². The van der Waals surface area contributed by atoms with E-state index in [-0.39, 0.29) is 10.7 Å². The number of hydrogen-bond donors (Lipinski definition) is 1. The third-order valence-corrected chi connectivity index (χ3v) is 10.5. The van der Waals surface area contributed by atoms with Crippen LogP contribution in [0, 0.1) is 5.92 Å². The molecule has 31 heavy (non-hydrogen) atoms. The fraction of sp³-hybridized carbons (Fsp3) is 0.750. The number of fused-ring (bicyclic) bond motifs is 4. The summed E-state index contributed by atoms with van der Waals surface area (Å²) in [6, 6.07) is 6.77. The molecule has 0 spiro atoms. The van der Waals surface area contributed by atoms with Crippen LogP contribution < -0.4 is 0 Å². The minimum Gasteiger partial charge on any atom is -0.508 e. The van der Waals surface area contributed by atoms with E-state index < -0.39 is 10.0 Å². The lowest BCUT2D eigenvalue weighted by molar-refractivity contribution is -0.00615. The van der Waals surface area contributed by atoms with E-state index >= 15 is 0 Å². The molecule has 1 aromatic carbocycles. The number of rotatable bonds is 5. The van der Waals surface area contributed by atoms with Crippen LogP contribution in [0.25, 0.3) is 0 Å². The van der Waals surface area contributed by atoms with Gasteiger partial charge in [-0.25, -0.2) is 12.7 Å². The van der Waals surface area contributed by atoms with Crippen molar-refractivity contribution in [1.82, 2.24) is 14.1 Å². The predicted octanol–water partition coefficient (Wildman–Crippen LogP) is 2.66. The Morgan fingerprint density at radius 1 is 1.23 bits per heavy atom. The van der Waals surface area contributed by atoms with Crippen LogP contribution in [-0.2, 0) is 21.9 Å². The summed E-state index contributed by atoms with van der Waals surface area (Å²) in [6.45, 7) is 9.26. The number of nitrogens with zero attached hydrogens (tertiary/aromatic N) is 3. The van der Waals surface area contributed by atoms with E-state index in [1.54, 1.807) is 18.2 Å². The van der Waals surface area contributed by atoms with Gasteiger partial charge in [-0.3, -0.25) is 0 Å². The van der Waals surface area contributed by atoms with Crippen LogP contribution in [0.1, 0.15) is 51.2 Å². The van der Waals surface area contributed by atoms with Crippen molar-refractivity contribution < 1.29 is 13.5 Å². The monoisotopic (exact) mass is 449 g/mol. The molecule has 0 aromatic heterocycles. The van der Waals surface area contributed by atoms with Gasteiger partial charge >= 0.3 is 0 Å². The van der Waals surface area contributed by atoms with Gasteiger partial charge in [-0.15, -0.1) is 0 Å². The van der Waals surface area contributed by atoms with Crippen LogP contribution in [0.4, 0.5) is 0 Å². The molecule has 0 unspecified atom stereocenters. The summed E-state index contributed by atoms with van der Waals surface area (Å²) in [6.07, 6.45) is 3.95. The Labute approximate surface area is 188 Å². The molecule has 1 aliphatic carbocycles. The van der Waals surface area contributed by atoms with Crippen LogP contribution >= 0.6 is 0 Å². The second-order valence-corrected chi connectivity index (χ2v) is 13.1. The van der Waals surface area contributed by atoms with Crippen molar-refractivity contribution in [3.8, 4) is 5.75 Å². The van der Waals surface area contributed by atoms with Crippen molar-refractivity contribution in [3.63, 3.8) is 0 Å². The molecule has 2 saturated heterocycles. The van der Waals surface area contributed by atoms with E-state index in [1.165, 1.54) is 11.1 Å². The van der Waals surface area contributed by atoms with Gasteiger partial charge in [0.1, 0.15) is 5.75 Å². The summed E-state index contributed by atoms with van der Waals surface area (Å²) in [5, 5.41) is 9.84. The Hall–Kier alpha value is -1.15. The van der Waals surface area contributed by atoms with Crippen molar-refractivity contribution >= 4 is 10.0 Å². The third kappa shape index (κ3) is 4.03. The van der Waals surface area contributed by atoms with E-state index in [4.69, 9.17) is 0 Å². The molecular weight excluding hydrogens is 410 g/mol. The lowest BCUT2D eigenvalue weighted by Gasteiger charge is -2.58. The summed E-state index contributed by atoms with van der Waals surface area (Å²) < 4.78 is 26.7. The first-order valence-corrected chi connectivity index (χ1v) is 13.3. The first-order chi connectivity index (χ1) is 14.5. The molecule has 3 atom stereocenters. The molecule has 0 saturated carbocycles. The van der Waals surface area contributed by atoms with Crippen LogP contribution in [0.5, 0.6) is 5.75 Å². The van der Waals surface area contributed by atoms with Crippen LogP contribution in [-0.4, -0.2) is 85.2 Å². The van der Waals surface area contributed by atoms with Gasteiger partial charge in [-0.05, 0) is 89.3 Å². The van der Waals surface area contributed by atoms with E-state index in [0.29, 0.717) is 36.8 Å². The first kappa shape index (κ1) is 23.0. The number of aromatic hydroxyl groups is 1. The zero-order valence-electron chi connectivity index (χ0n) is 19.7. The Morgan fingerprint density at radius 2 is 1.90 bits per heavy atom. The number of piperidine rings is 2. The maximum Gasteiger partial charge on any atom is 0.216 e. The molecule has 2 heterocycles. The van der Waals surface area contributed by atoms with Gasteiger partial charge in [0, 0.05) is 37.1 Å². The highest BCUT2D eigenvalue weighted by Gasteiger charge is 2.51. The number of likely N-dealkylation sites (N-methyl/N-ethyl adjacent to an activating group) is 2. The summed E-state index contributed by atoms with van der Waals surface area (Å²) in [4.78, 5) is 5.06.